The smallest absolute Gasteiger partial charge is 0.267 e. The highest BCUT2D eigenvalue weighted by Gasteiger charge is 2.32. The molecule has 2 fully saturated rings. The molecule has 0 radical (unpaired) electrons. The van der Waals surface area contributed by atoms with Crippen LogP contribution in [0.3, 0.4) is 0 Å². The van der Waals surface area contributed by atoms with E-state index >= 15 is 0 Å². The van der Waals surface area contributed by atoms with Gasteiger partial charge in [-0.3, -0.25) is 9.59 Å². The van der Waals surface area contributed by atoms with Crippen molar-refractivity contribution in [3.05, 3.63) is 27.7 Å². The van der Waals surface area contributed by atoms with Gasteiger partial charge in [0.2, 0.25) is 5.91 Å². The van der Waals surface area contributed by atoms with E-state index in [0.29, 0.717) is 24.3 Å². The molecule has 0 bridgehead atoms. The van der Waals surface area contributed by atoms with E-state index in [1.54, 1.807) is 10.7 Å². The summed E-state index contributed by atoms with van der Waals surface area (Å²) in [5.41, 5.74) is 2.27. The van der Waals surface area contributed by atoms with Crippen molar-refractivity contribution in [2.75, 3.05) is 13.1 Å². The third kappa shape index (κ3) is 3.26. The number of nitrogens with zero attached hydrogens (tertiary/aromatic N) is 3. The van der Waals surface area contributed by atoms with E-state index in [9.17, 15) is 9.59 Å². The summed E-state index contributed by atoms with van der Waals surface area (Å²) in [7, 11) is 0. The van der Waals surface area contributed by atoms with Crippen LogP contribution in [0.25, 0.3) is 0 Å². The van der Waals surface area contributed by atoms with Crippen molar-refractivity contribution in [2.24, 2.45) is 11.8 Å². The molecule has 0 N–H and O–H groups in total. The van der Waals surface area contributed by atoms with Crippen LogP contribution in [0.15, 0.2) is 10.9 Å². The minimum absolute atomic E-state index is 0.0198. The van der Waals surface area contributed by atoms with E-state index in [-0.39, 0.29) is 5.56 Å². The van der Waals surface area contributed by atoms with Gasteiger partial charge >= 0.3 is 0 Å². The largest absolute Gasteiger partial charge is 0.342 e. The van der Waals surface area contributed by atoms with Gasteiger partial charge in [-0.25, -0.2) is 4.68 Å². The summed E-state index contributed by atoms with van der Waals surface area (Å²) in [5.74, 6) is 1.30. The van der Waals surface area contributed by atoms with Crippen LogP contribution in [-0.4, -0.2) is 33.7 Å². The molecule has 1 amide bonds. The number of aromatic nitrogens is 2. The van der Waals surface area contributed by atoms with E-state index in [0.717, 1.165) is 43.6 Å². The van der Waals surface area contributed by atoms with E-state index in [2.05, 4.69) is 5.10 Å². The van der Waals surface area contributed by atoms with Crippen LogP contribution in [0.4, 0.5) is 0 Å². The molecule has 1 saturated carbocycles. The predicted octanol–water partition coefficient (Wildman–Crippen LogP) is 2.16. The number of hydrogen-bond acceptors (Lipinski definition) is 3. The minimum atomic E-state index is 0.0198. The molecular weight excluding hydrogens is 302 g/mol. The van der Waals surface area contributed by atoms with Crippen molar-refractivity contribution < 1.29 is 4.79 Å². The third-order valence-electron chi connectivity index (χ3n) is 5.95. The first-order chi connectivity index (χ1) is 11.7. The van der Waals surface area contributed by atoms with Gasteiger partial charge in [0.15, 0.2) is 0 Å². The molecule has 24 heavy (non-hydrogen) atoms. The zero-order valence-electron chi connectivity index (χ0n) is 14.4. The van der Waals surface area contributed by atoms with Gasteiger partial charge < -0.3 is 4.90 Å². The molecule has 2 aliphatic carbocycles. The summed E-state index contributed by atoms with van der Waals surface area (Å²) in [6.45, 7) is 2.23. The molecule has 1 aliphatic heterocycles. The number of rotatable bonds is 4. The Kier molecular flexibility index (Phi) is 4.42. The fourth-order valence-electron chi connectivity index (χ4n) is 4.46. The normalized spacial score (nSPS) is 21.6. The SMILES string of the molecule is O=C(CC1CCCC1)N1CC(Cn2nc3c(cc2=O)CCCC3)C1. The fraction of sp³-hybridized carbons (Fsp3) is 0.737. The highest BCUT2D eigenvalue weighted by atomic mass is 16.2. The molecule has 130 valence electrons. The number of hydrogen-bond donors (Lipinski definition) is 0. The molecule has 0 atom stereocenters. The lowest BCUT2D eigenvalue weighted by atomic mass is 9.96. The topological polar surface area (TPSA) is 55.2 Å². The molecule has 0 spiro atoms. The second-order valence-electron chi connectivity index (χ2n) is 7.86. The maximum atomic E-state index is 12.3. The fourth-order valence-corrected chi connectivity index (χ4v) is 4.46. The van der Waals surface area contributed by atoms with Crippen LogP contribution in [-0.2, 0) is 24.2 Å². The number of likely N-dealkylation sites (tertiary alicyclic amines) is 1. The van der Waals surface area contributed by atoms with Gasteiger partial charge in [-0.15, -0.1) is 0 Å². The molecule has 5 heteroatoms. The van der Waals surface area contributed by atoms with Crippen LogP contribution < -0.4 is 5.56 Å². The number of aryl methyl sites for hydroxylation is 2. The summed E-state index contributed by atoms with van der Waals surface area (Å²) in [6, 6.07) is 1.78. The second-order valence-corrected chi connectivity index (χ2v) is 7.86. The molecular formula is C19H27N3O2. The van der Waals surface area contributed by atoms with Gasteiger partial charge in [-0.1, -0.05) is 12.8 Å². The average Bonchev–Trinajstić information content (AvgIpc) is 3.03. The Bertz CT molecular complexity index is 670. The van der Waals surface area contributed by atoms with Crippen LogP contribution in [0.2, 0.25) is 0 Å². The summed E-state index contributed by atoms with van der Waals surface area (Å²) < 4.78 is 1.63. The first kappa shape index (κ1) is 15.9. The molecule has 1 aromatic heterocycles. The molecule has 5 nitrogen and oxygen atoms in total. The van der Waals surface area contributed by atoms with E-state index in [4.69, 9.17) is 0 Å². The molecule has 1 saturated heterocycles. The standard InChI is InChI=1S/C19H27N3O2/c23-18(9-14-5-1-2-6-14)21-11-15(12-21)13-22-19(24)10-16-7-3-4-8-17(16)20-22/h10,14-15H,1-9,11-13H2. The molecule has 0 aromatic carbocycles. The Morgan fingerprint density at radius 1 is 1.08 bits per heavy atom. The number of carbonyl (C=O) groups excluding carboxylic acids is 1. The zero-order valence-corrected chi connectivity index (χ0v) is 14.4. The molecule has 1 aromatic rings. The monoisotopic (exact) mass is 329 g/mol. The Labute approximate surface area is 143 Å². The van der Waals surface area contributed by atoms with E-state index in [1.807, 2.05) is 4.90 Å². The van der Waals surface area contributed by atoms with Gasteiger partial charge in [-0.2, -0.15) is 5.10 Å². The Morgan fingerprint density at radius 2 is 1.83 bits per heavy atom. The summed E-state index contributed by atoms with van der Waals surface area (Å²) >= 11 is 0. The van der Waals surface area contributed by atoms with Crippen molar-refractivity contribution >= 4 is 5.91 Å². The average molecular weight is 329 g/mol. The first-order valence-electron chi connectivity index (χ1n) is 9.57. The summed E-state index contributed by atoms with van der Waals surface area (Å²) in [6.07, 6.45) is 10.1. The third-order valence-corrected chi connectivity index (χ3v) is 5.95. The maximum Gasteiger partial charge on any atom is 0.267 e. The molecule has 2 heterocycles. The van der Waals surface area contributed by atoms with Crippen LogP contribution in [0, 0.1) is 11.8 Å². The number of carbonyl (C=O) groups is 1. The van der Waals surface area contributed by atoms with Gasteiger partial charge in [0.25, 0.3) is 5.56 Å². The van der Waals surface area contributed by atoms with Crippen molar-refractivity contribution in [2.45, 2.75) is 64.3 Å². The molecule has 3 aliphatic rings. The lowest BCUT2D eigenvalue weighted by molar-refractivity contribution is -0.138. The highest BCUT2D eigenvalue weighted by Crippen LogP contribution is 2.29. The van der Waals surface area contributed by atoms with Gasteiger partial charge in [-0.05, 0) is 50.0 Å². The first-order valence-corrected chi connectivity index (χ1v) is 9.57. The molecule has 0 unspecified atom stereocenters. The van der Waals surface area contributed by atoms with Crippen molar-refractivity contribution in [3.63, 3.8) is 0 Å². The Hall–Kier alpha value is -1.65. The minimum Gasteiger partial charge on any atom is -0.342 e. The number of amides is 1. The lowest BCUT2D eigenvalue weighted by Crippen LogP contribution is -2.52. The quantitative estimate of drug-likeness (QED) is 0.850. The van der Waals surface area contributed by atoms with Crippen molar-refractivity contribution in [3.8, 4) is 0 Å². The van der Waals surface area contributed by atoms with Crippen LogP contribution in [0.1, 0.15) is 56.2 Å². The van der Waals surface area contributed by atoms with Crippen molar-refractivity contribution in [1.82, 2.24) is 14.7 Å². The van der Waals surface area contributed by atoms with Gasteiger partial charge in [0.05, 0.1) is 12.2 Å². The Morgan fingerprint density at radius 3 is 2.62 bits per heavy atom. The second kappa shape index (κ2) is 6.69. The van der Waals surface area contributed by atoms with E-state index in [1.165, 1.54) is 38.5 Å². The zero-order chi connectivity index (χ0) is 16.5. The Balaban J connectivity index is 1.31. The van der Waals surface area contributed by atoms with Crippen LogP contribution in [0.5, 0.6) is 0 Å². The molecule has 4 rings (SSSR count). The number of fused-ring (bicyclic) bond motifs is 1. The van der Waals surface area contributed by atoms with Crippen molar-refractivity contribution in [1.29, 1.82) is 0 Å². The summed E-state index contributed by atoms with van der Waals surface area (Å²) in [4.78, 5) is 26.5. The predicted molar refractivity (Wildman–Crippen MR) is 91.8 cm³/mol. The highest BCUT2D eigenvalue weighted by molar-refractivity contribution is 5.77. The lowest BCUT2D eigenvalue weighted by Gasteiger charge is -2.39. The van der Waals surface area contributed by atoms with Gasteiger partial charge in [0.1, 0.15) is 0 Å². The van der Waals surface area contributed by atoms with E-state index < -0.39 is 0 Å². The van der Waals surface area contributed by atoms with Gasteiger partial charge in [0, 0.05) is 31.5 Å². The van der Waals surface area contributed by atoms with Crippen LogP contribution >= 0.6 is 0 Å². The maximum absolute atomic E-state index is 12.3. The summed E-state index contributed by atoms with van der Waals surface area (Å²) in [5, 5.41) is 4.59.